The van der Waals surface area contributed by atoms with E-state index in [0.29, 0.717) is 5.69 Å². The van der Waals surface area contributed by atoms with Gasteiger partial charge in [-0.25, -0.2) is 5.48 Å². The van der Waals surface area contributed by atoms with Gasteiger partial charge in [0, 0.05) is 12.5 Å². The van der Waals surface area contributed by atoms with Gasteiger partial charge in [0.05, 0.1) is 5.69 Å². The smallest absolute Gasteiger partial charge is 0.329 e. The van der Waals surface area contributed by atoms with Crippen molar-refractivity contribution in [2.24, 2.45) is 0 Å². The molecule has 1 aromatic carbocycles. The Morgan fingerprint density at radius 3 is 3.00 bits per heavy atom. The Balaban J connectivity index is 2.68. The highest BCUT2D eigenvalue weighted by Gasteiger charge is 1.94. The van der Waals surface area contributed by atoms with E-state index in [-0.39, 0.29) is 0 Å². The Morgan fingerprint density at radius 1 is 1.62 bits per heavy atom. The SMILES string of the molecule is C#Cc1cccc(NOC(C)=O)c1. The average Bonchev–Trinajstić information content (AvgIpc) is 2.15. The second-order valence-electron chi connectivity index (χ2n) is 2.42. The summed E-state index contributed by atoms with van der Waals surface area (Å²) in [5.74, 6) is 2.08. The summed E-state index contributed by atoms with van der Waals surface area (Å²) < 4.78 is 0. The molecule has 3 heteroatoms. The third-order valence-corrected chi connectivity index (χ3v) is 1.34. The molecule has 0 heterocycles. The van der Waals surface area contributed by atoms with Crippen LogP contribution in [0, 0.1) is 12.3 Å². The number of terminal acetylenes is 1. The third kappa shape index (κ3) is 2.88. The zero-order valence-corrected chi connectivity index (χ0v) is 7.20. The van der Waals surface area contributed by atoms with Crippen molar-refractivity contribution >= 4 is 11.7 Å². The number of carbonyl (C=O) groups is 1. The van der Waals surface area contributed by atoms with Crippen LogP contribution in [0.25, 0.3) is 0 Å². The Bertz CT molecular complexity index is 352. The fourth-order valence-electron chi connectivity index (χ4n) is 0.803. The molecule has 13 heavy (non-hydrogen) atoms. The fourth-order valence-corrected chi connectivity index (χ4v) is 0.803. The summed E-state index contributed by atoms with van der Waals surface area (Å²) in [6.07, 6.45) is 5.19. The molecule has 0 aliphatic heterocycles. The molecule has 0 saturated carbocycles. The van der Waals surface area contributed by atoms with Gasteiger partial charge in [0.2, 0.25) is 0 Å². The van der Waals surface area contributed by atoms with Crippen LogP contribution in [0.3, 0.4) is 0 Å². The molecule has 0 amide bonds. The molecule has 1 N–H and O–H groups in total. The molecule has 3 nitrogen and oxygen atoms in total. The summed E-state index contributed by atoms with van der Waals surface area (Å²) >= 11 is 0. The standard InChI is InChI=1S/C10H9NO2/c1-3-9-5-4-6-10(7-9)11-13-8(2)12/h1,4-7,11H,2H3. The van der Waals surface area contributed by atoms with Crippen molar-refractivity contribution in [3.8, 4) is 12.3 Å². The first-order valence-electron chi connectivity index (χ1n) is 3.72. The molecule has 0 radical (unpaired) electrons. The van der Waals surface area contributed by atoms with E-state index in [1.165, 1.54) is 6.92 Å². The predicted octanol–water partition coefficient (Wildman–Crippen LogP) is 1.56. The molecule has 0 bridgehead atoms. The number of hydrogen-bond acceptors (Lipinski definition) is 3. The lowest BCUT2D eigenvalue weighted by atomic mass is 10.2. The van der Waals surface area contributed by atoms with Gasteiger partial charge in [0.25, 0.3) is 0 Å². The summed E-state index contributed by atoms with van der Waals surface area (Å²) in [7, 11) is 0. The van der Waals surface area contributed by atoms with Crippen LogP contribution in [0.1, 0.15) is 12.5 Å². The lowest BCUT2D eigenvalue weighted by molar-refractivity contribution is -0.138. The molecule has 1 rings (SSSR count). The van der Waals surface area contributed by atoms with Crippen LogP contribution in [-0.2, 0) is 9.63 Å². The van der Waals surface area contributed by atoms with Crippen molar-refractivity contribution in [1.82, 2.24) is 0 Å². The molecular formula is C10H9NO2. The van der Waals surface area contributed by atoms with Crippen molar-refractivity contribution in [3.63, 3.8) is 0 Å². The first-order valence-corrected chi connectivity index (χ1v) is 3.72. The van der Waals surface area contributed by atoms with Crippen LogP contribution < -0.4 is 5.48 Å². The fraction of sp³-hybridized carbons (Fsp3) is 0.100. The van der Waals surface area contributed by atoms with Crippen LogP contribution in [0.15, 0.2) is 24.3 Å². The molecule has 0 aliphatic rings. The quantitative estimate of drug-likeness (QED) is 0.547. The first-order chi connectivity index (χ1) is 6.22. The average molecular weight is 175 g/mol. The monoisotopic (exact) mass is 175 g/mol. The van der Waals surface area contributed by atoms with Crippen molar-refractivity contribution in [1.29, 1.82) is 0 Å². The zero-order valence-electron chi connectivity index (χ0n) is 7.20. The van der Waals surface area contributed by atoms with E-state index < -0.39 is 5.97 Å². The highest BCUT2D eigenvalue weighted by Crippen LogP contribution is 2.09. The normalized spacial score (nSPS) is 8.62. The molecule has 66 valence electrons. The number of rotatable bonds is 2. The maximum absolute atomic E-state index is 10.4. The van der Waals surface area contributed by atoms with E-state index in [4.69, 9.17) is 6.42 Å². The number of hydrogen-bond donors (Lipinski definition) is 1. The highest BCUT2D eigenvalue weighted by atomic mass is 16.7. The second kappa shape index (κ2) is 4.17. The summed E-state index contributed by atoms with van der Waals surface area (Å²) in [6, 6.07) is 7.03. The van der Waals surface area contributed by atoms with E-state index in [0.717, 1.165) is 5.56 Å². The van der Waals surface area contributed by atoms with Crippen molar-refractivity contribution < 1.29 is 9.63 Å². The van der Waals surface area contributed by atoms with E-state index in [1.807, 2.05) is 0 Å². The van der Waals surface area contributed by atoms with Gasteiger partial charge in [-0.3, -0.25) is 4.79 Å². The van der Waals surface area contributed by atoms with Crippen molar-refractivity contribution in [2.75, 3.05) is 5.48 Å². The number of carbonyl (C=O) groups excluding carboxylic acids is 1. The molecule has 0 atom stereocenters. The summed E-state index contributed by atoms with van der Waals surface area (Å²) in [5, 5.41) is 0. The molecular weight excluding hydrogens is 166 g/mol. The summed E-state index contributed by atoms with van der Waals surface area (Å²) in [6.45, 7) is 1.32. The van der Waals surface area contributed by atoms with Crippen LogP contribution >= 0.6 is 0 Å². The largest absolute Gasteiger partial charge is 0.344 e. The van der Waals surface area contributed by atoms with Crippen LogP contribution in [0.2, 0.25) is 0 Å². The van der Waals surface area contributed by atoms with Gasteiger partial charge in [0.1, 0.15) is 0 Å². The Morgan fingerprint density at radius 2 is 2.38 bits per heavy atom. The minimum absolute atomic E-state index is 0.397. The second-order valence-corrected chi connectivity index (χ2v) is 2.42. The Labute approximate surface area is 76.7 Å². The Hall–Kier alpha value is -1.95. The van der Waals surface area contributed by atoms with Crippen molar-refractivity contribution in [3.05, 3.63) is 29.8 Å². The van der Waals surface area contributed by atoms with E-state index in [9.17, 15) is 4.79 Å². The minimum atomic E-state index is -0.397. The van der Waals surface area contributed by atoms with Gasteiger partial charge < -0.3 is 4.84 Å². The number of benzene rings is 1. The van der Waals surface area contributed by atoms with Gasteiger partial charge in [-0.15, -0.1) is 6.42 Å². The van der Waals surface area contributed by atoms with Crippen molar-refractivity contribution in [2.45, 2.75) is 6.92 Å². The molecule has 0 aromatic heterocycles. The maximum Gasteiger partial charge on any atom is 0.329 e. The number of anilines is 1. The lowest BCUT2D eigenvalue weighted by Gasteiger charge is -2.04. The predicted molar refractivity (Wildman–Crippen MR) is 49.8 cm³/mol. The Kier molecular flexibility index (Phi) is 2.93. The highest BCUT2D eigenvalue weighted by molar-refractivity contribution is 5.67. The molecule has 0 spiro atoms. The van der Waals surface area contributed by atoms with Gasteiger partial charge in [-0.2, -0.15) is 0 Å². The molecule has 0 aliphatic carbocycles. The molecule has 0 fully saturated rings. The van der Waals surface area contributed by atoms with Crippen LogP contribution in [-0.4, -0.2) is 5.97 Å². The molecule has 0 saturated heterocycles. The summed E-state index contributed by atoms with van der Waals surface area (Å²) in [4.78, 5) is 15.0. The van der Waals surface area contributed by atoms with Gasteiger partial charge in [-0.1, -0.05) is 12.0 Å². The maximum atomic E-state index is 10.4. The van der Waals surface area contributed by atoms with E-state index in [2.05, 4.69) is 16.2 Å². The van der Waals surface area contributed by atoms with Crippen LogP contribution in [0.4, 0.5) is 5.69 Å². The van der Waals surface area contributed by atoms with E-state index in [1.54, 1.807) is 24.3 Å². The number of nitrogens with one attached hydrogen (secondary N) is 1. The van der Waals surface area contributed by atoms with Crippen LogP contribution in [0.5, 0.6) is 0 Å². The van der Waals surface area contributed by atoms with Gasteiger partial charge >= 0.3 is 5.97 Å². The summed E-state index contributed by atoms with van der Waals surface area (Å²) in [5.41, 5.74) is 3.87. The molecule has 0 unspecified atom stereocenters. The third-order valence-electron chi connectivity index (χ3n) is 1.34. The lowest BCUT2D eigenvalue weighted by Crippen LogP contribution is -2.05. The minimum Gasteiger partial charge on any atom is -0.344 e. The van der Waals surface area contributed by atoms with E-state index >= 15 is 0 Å². The van der Waals surface area contributed by atoms with Gasteiger partial charge in [-0.05, 0) is 18.2 Å². The van der Waals surface area contributed by atoms with Gasteiger partial charge in [0.15, 0.2) is 0 Å². The zero-order chi connectivity index (χ0) is 9.68. The molecule has 1 aromatic rings. The first kappa shape index (κ1) is 9.14. The topological polar surface area (TPSA) is 38.3 Å².